The maximum atomic E-state index is 11.5. The van der Waals surface area contributed by atoms with Crippen LogP contribution < -0.4 is 11.1 Å². The number of H-pyrrole nitrogens is 1. The van der Waals surface area contributed by atoms with Crippen molar-refractivity contribution in [3.8, 4) is 0 Å². The molecular weight excluding hydrogens is 198 g/mol. The Morgan fingerprint density at radius 1 is 1.60 bits per heavy atom. The Kier molecular flexibility index (Phi) is 2.13. The molecule has 15 heavy (non-hydrogen) atoms. The van der Waals surface area contributed by atoms with Crippen molar-refractivity contribution < 1.29 is 9.32 Å². The van der Waals surface area contributed by atoms with Crippen LogP contribution in [0.3, 0.4) is 0 Å². The third-order valence-electron chi connectivity index (χ3n) is 1.71. The average Bonchev–Trinajstić information content (AvgIpc) is 2.75. The second-order valence-electron chi connectivity index (χ2n) is 2.98. The maximum Gasteiger partial charge on any atom is 0.274 e. The van der Waals surface area contributed by atoms with Gasteiger partial charge in [-0.25, -0.2) is 0 Å². The normalized spacial score (nSPS) is 10.2. The number of nitrogens with one attached hydrogen (secondary N) is 2. The van der Waals surface area contributed by atoms with Crippen molar-refractivity contribution in [2.45, 2.75) is 6.92 Å². The zero-order chi connectivity index (χ0) is 10.8. The molecule has 0 saturated heterocycles. The van der Waals surface area contributed by atoms with Crippen molar-refractivity contribution in [2.75, 3.05) is 11.1 Å². The molecule has 2 rings (SSSR count). The van der Waals surface area contributed by atoms with E-state index in [1.54, 1.807) is 13.0 Å². The molecule has 0 saturated carbocycles. The predicted molar refractivity (Wildman–Crippen MR) is 52.2 cm³/mol. The lowest BCUT2D eigenvalue weighted by Gasteiger charge is -1.95. The highest BCUT2D eigenvalue weighted by Crippen LogP contribution is 2.09. The quantitative estimate of drug-likeness (QED) is 0.665. The molecule has 0 atom stereocenters. The van der Waals surface area contributed by atoms with E-state index in [0.29, 0.717) is 11.6 Å². The van der Waals surface area contributed by atoms with Gasteiger partial charge in [0.25, 0.3) is 5.91 Å². The topological polar surface area (TPSA) is 110 Å². The molecule has 1 amide bonds. The van der Waals surface area contributed by atoms with Crippen LogP contribution >= 0.6 is 0 Å². The van der Waals surface area contributed by atoms with Crippen molar-refractivity contribution in [3.05, 3.63) is 23.6 Å². The monoisotopic (exact) mass is 207 g/mol. The number of aryl methyl sites for hydroxylation is 1. The van der Waals surface area contributed by atoms with Gasteiger partial charge in [0.1, 0.15) is 17.3 Å². The number of nitrogens with zero attached hydrogens (tertiary/aromatic N) is 2. The van der Waals surface area contributed by atoms with Crippen LogP contribution in [0, 0.1) is 6.92 Å². The molecule has 0 aliphatic rings. The van der Waals surface area contributed by atoms with Gasteiger partial charge in [0.15, 0.2) is 5.82 Å². The molecule has 0 radical (unpaired) electrons. The maximum absolute atomic E-state index is 11.5. The summed E-state index contributed by atoms with van der Waals surface area (Å²) in [4.78, 5) is 11.5. The number of rotatable bonds is 2. The van der Waals surface area contributed by atoms with Crippen LogP contribution in [-0.4, -0.2) is 21.3 Å². The Labute approximate surface area is 84.6 Å². The second kappa shape index (κ2) is 3.45. The van der Waals surface area contributed by atoms with Gasteiger partial charge in [-0.1, -0.05) is 5.16 Å². The molecule has 0 unspecified atom stereocenters. The molecule has 78 valence electrons. The van der Waals surface area contributed by atoms with Crippen molar-refractivity contribution in [3.63, 3.8) is 0 Å². The number of nitrogen functional groups attached to an aromatic ring is 1. The minimum absolute atomic E-state index is 0.261. The number of hydrogen-bond acceptors (Lipinski definition) is 5. The van der Waals surface area contributed by atoms with E-state index in [9.17, 15) is 4.79 Å². The first-order chi connectivity index (χ1) is 7.15. The Morgan fingerprint density at radius 3 is 2.93 bits per heavy atom. The highest BCUT2D eigenvalue weighted by atomic mass is 16.5. The van der Waals surface area contributed by atoms with Crippen LogP contribution in [0.1, 0.15) is 16.2 Å². The molecule has 2 heterocycles. The number of carbonyl (C=O) groups is 1. The Morgan fingerprint density at radius 2 is 2.40 bits per heavy atom. The summed E-state index contributed by atoms with van der Waals surface area (Å²) in [5, 5.41) is 12.3. The molecule has 7 nitrogen and oxygen atoms in total. The van der Waals surface area contributed by atoms with E-state index in [-0.39, 0.29) is 17.4 Å². The second-order valence-corrected chi connectivity index (χ2v) is 2.98. The van der Waals surface area contributed by atoms with E-state index >= 15 is 0 Å². The molecule has 0 aliphatic heterocycles. The SMILES string of the molecule is Cc1cc(NC(=O)c2cc(N)n[nH]2)no1. The van der Waals surface area contributed by atoms with Gasteiger partial charge in [0.05, 0.1) is 0 Å². The molecule has 0 spiro atoms. The van der Waals surface area contributed by atoms with Gasteiger partial charge < -0.3 is 15.6 Å². The zero-order valence-electron chi connectivity index (χ0n) is 7.94. The van der Waals surface area contributed by atoms with Crippen LogP contribution in [0.2, 0.25) is 0 Å². The van der Waals surface area contributed by atoms with E-state index in [1.807, 2.05) is 0 Å². The highest BCUT2D eigenvalue weighted by Gasteiger charge is 2.10. The summed E-state index contributed by atoms with van der Waals surface area (Å²) in [6.07, 6.45) is 0. The van der Waals surface area contributed by atoms with E-state index in [1.165, 1.54) is 6.07 Å². The predicted octanol–water partition coefficient (Wildman–Crippen LogP) is 0.541. The van der Waals surface area contributed by atoms with E-state index in [2.05, 4.69) is 20.7 Å². The minimum atomic E-state index is -0.368. The lowest BCUT2D eigenvalue weighted by molar-refractivity contribution is 0.102. The Bertz CT molecular complexity index is 487. The molecule has 0 fully saturated rings. The number of amides is 1. The van der Waals surface area contributed by atoms with Crippen molar-refractivity contribution >= 4 is 17.5 Å². The van der Waals surface area contributed by atoms with Gasteiger partial charge in [-0.05, 0) is 6.92 Å². The molecule has 0 bridgehead atoms. The molecular formula is C8H9N5O2. The van der Waals surface area contributed by atoms with Gasteiger partial charge in [-0.3, -0.25) is 9.89 Å². The van der Waals surface area contributed by atoms with Crippen LogP contribution in [-0.2, 0) is 0 Å². The summed E-state index contributed by atoms with van der Waals surface area (Å²) in [5.41, 5.74) is 5.63. The van der Waals surface area contributed by atoms with Gasteiger partial charge in [-0.15, -0.1) is 0 Å². The largest absolute Gasteiger partial charge is 0.382 e. The fourth-order valence-corrected chi connectivity index (χ4v) is 1.06. The summed E-state index contributed by atoms with van der Waals surface area (Å²) < 4.78 is 4.79. The third kappa shape index (κ3) is 1.96. The van der Waals surface area contributed by atoms with Crippen molar-refractivity contribution in [2.24, 2.45) is 0 Å². The summed E-state index contributed by atoms with van der Waals surface area (Å²) in [7, 11) is 0. The summed E-state index contributed by atoms with van der Waals surface area (Å²) >= 11 is 0. The number of anilines is 2. The number of aromatic nitrogens is 3. The highest BCUT2D eigenvalue weighted by molar-refractivity contribution is 6.02. The number of aromatic amines is 1. The van der Waals surface area contributed by atoms with Crippen LogP contribution in [0.25, 0.3) is 0 Å². The first-order valence-corrected chi connectivity index (χ1v) is 4.21. The zero-order valence-corrected chi connectivity index (χ0v) is 7.94. The van der Waals surface area contributed by atoms with Crippen LogP contribution in [0.5, 0.6) is 0 Å². The first-order valence-electron chi connectivity index (χ1n) is 4.21. The van der Waals surface area contributed by atoms with E-state index in [4.69, 9.17) is 10.3 Å². The van der Waals surface area contributed by atoms with E-state index in [0.717, 1.165) is 0 Å². The van der Waals surface area contributed by atoms with Crippen molar-refractivity contribution in [1.82, 2.24) is 15.4 Å². The first kappa shape index (κ1) is 9.25. The van der Waals surface area contributed by atoms with Gasteiger partial charge in [-0.2, -0.15) is 5.10 Å². The summed E-state index contributed by atoms with van der Waals surface area (Å²) in [6, 6.07) is 3.04. The molecule has 0 aliphatic carbocycles. The molecule has 2 aromatic heterocycles. The number of hydrogen-bond donors (Lipinski definition) is 3. The van der Waals surface area contributed by atoms with Crippen LogP contribution in [0.15, 0.2) is 16.7 Å². The minimum Gasteiger partial charge on any atom is -0.382 e. The standard InChI is InChI=1S/C8H9N5O2/c1-4-2-7(13-15-4)10-8(14)5-3-6(9)12-11-5/h2-3H,1H3,(H3,9,11,12)(H,10,13,14). The van der Waals surface area contributed by atoms with Gasteiger partial charge in [0.2, 0.25) is 0 Å². The molecule has 0 aromatic carbocycles. The fraction of sp³-hybridized carbons (Fsp3) is 0.125. The lowest BCUT2D eigenvalue weighted by Crippen LogP contribution is -2.12. The molecule has 2 aromatic rings. The molecule has 4 N–H and O–H groups in total. The lowest BCUT2D eigenvalue weighted by atomic mass is 10.4. The fourth-order valence-electron chi connectivity index (χ4n) is 1.06. The third-order valence-corrected chi connectivity index (χ3v) is 1.71. The van der Waals surface area contributed by atoms with Crippen molar-refractivity contribution in [1.29, 1.82) is 0 Å². The summed E-state index contributed by atoms with van der Waals surface area (Å²) in [5.74, 6) is 0.865. The van der Waals surface area contributed by atoms with Gasteiger partial charge >= 0.3 is 0 Å². The Hall–Kier alpha value is -2.31. The number of nitrogens with two attached hydrogens (primary N) is 1. The van der Waals surface area contributed by atoms with Gasteiger partial charge in [0, 0.05) is 12.1 Å². The number of carbonyl (C=O) groups excluding carboxylic acids is 1. The summed E-state index contributed by atoms with van der Waals surface area (Å²) in [6.45, 7) is 1.73. The molecule has 7 heteroatoms. The smallest absolute Gasteiger partial charge is 0.274 e. The van der Waals surface area contributed by atoms with E-state index < -0.39 is 0 Å². The average molecular weight is 207 g/mol. The Balaban J connectivity index is 2.10. The van der Waals surface area contributed by atoms with Crippen LogP contribution in [0.4, 0.5) is 11.6 Å².